The van der Waals surface area contributed by atoms with Gasteiger partial charge in [-0.15, -0.1) is 0 Å². The first-order chi connectivity index (χ1) is 13.0. The fourth-order valence-electron chi connectivity index (χ4n) is 3.46. The molecule has 148 valence electrons. The molecule has 0 saturated carbocycles. The van der Waals surface area contributed by atoms with Crippen LogP contribution in [0.1, 0.15) is 26.3 Å². The molecule has 6 nitrogen and oxygen atoms in total. The lowest BCUT2D eigenvalue weighted by Crippen LogP contribution is -2.50. The normalized spacial score (nSPS) is 20.4. The number of guanidine groups is 1. The van der Waals surface area contributed by atoms with E-state index in [1.54, 1.807) is 0 Å². The Balaban J connectivity index is 1.64. The highest BCUT2D eigenvalue weighted by atomic mass is 32.2. The lowest BCUT2D eigenvalue weighted by atomic mass is 10.2. The standard InChI is InChI=1S/C20H31N5OS/c1-4-21-19(25-11-12-27-20(2,3)15-25)23-13-16-5-7-17(8-6-16)24-10-9-22-18(26)14-24/h5-8H,4,9-15H2,1-3H3,(H,21,23)(H,22,26). The van der Waals surface area contributed by atoms with Crippen LogP contribution in [0.2, 0.25) is 0 Å². The van der Waals surface area contributed by atoms with Gasteiger partial charge in [-0.2, -0.15) is 11.8 Å². The second-order valence-electron chi connectivity index (χ2n) is 7.64. The number of anilines is 1. The first kappa shape index (κ1) is 19.9. The summed E-state index contributed by atoms with van der Waals surface area (Å²) in [6.45, 7) is 12.3. The largest absolute Gasteiger partial charge is 0.360 e. The number of nitrogens with zero attached hydrogens (tertiary/aromatic N) is 3. The molecule has 3 rings (SSSR count). The van der Waals surface area contributed by atoms with Crippen molar-refractivity contribution in [2.75, 3.05) is 49.9 Å². The lowest BCUT2D eigenvalue weighted by Gasteiger charge is -2.39. The molecule has 2 aliphatic rings. The molecule has 0 aromatic heterocycles. The van der Waals surface area contributed by atoms with Gasteiger partial charge in [0.1, 0.15) is 0 Å². The van der Waals surface area contributed by atoms with Crippen molar-refractivity contribution in [1.82, 2.24) is 15.5 Å². The zero-order valence-electron chi connectivity index (χ0n) is 16.6. The molecule has 0 bridgehead atoms. The van der Waals surface area contributed by atoms with Crippen molar-refractivity contribution in [3.05, 3.63) is 29.8 Å². The van der Waals surface area contributed by atoms with Gasteiger partial charge in [-0.1, -0.05) is 12.1 Å². The average molecular weight is 390 g/mol. The minimum absolute atomic E-state index is 0.0906. The molecule has 1 aromatic rings. The number of benzene rings is 1. The van der Waals surface area contributed by atoms with Gasteiger partial charge in [0.25, 0.3) is 0 Å². The molecule has 2 saturated heterocycles. The number of carbonyl (C=O) groups is 1. The van der Waals surface area contributed by atoms with Crippen LogP contribution in [-0.4, -0.2) is 66.5 Å². The molecule has 2 N–H and O–H groups in total. The fraction of sp³-hybridized carbons (Fsp3) is 0.600. The van der Waals surface area contributed by atoms with Crippen LogP contribution in [0.3, 0.4) is 0 Å². The number of piperazine rings is 1. The lowest BCUT2D eigenvalue weighted by molar-refractivity contribution is -0.120. The number of rotatable bonds is 4. The summed E-state index contributed by atoms with van der Waals surface area (Å²) in [6, 6.07) is 8.42. The van der Waals surface area contributed by atoms with Gasteiger partial charge in [0.2, 0.25) is 5.91 Å². The van der Waals surface area contributed by atoms with Crippen molar-refractivity contribution in [1.29, 1.82) is 0 Å². The first-order valence-corrected chi connectivity index (χ1v) is 10.7. The molecule has 1 amide bonds. The molecule has 27 heavy (non-hydrogen) atoms. The third kappa shape index (κ3) is 5.54. The quantitative estimate of drug-likeness (QED) is 0.609. The Kier molecular flexibility index (Phi) is 6.52. The van der Waals surface area contributed by atoms with Crippen LogP contribution in [0.15, 0.2) is 29.3 Å². The topological polar surface area (TPSA) is 60.0 Å². The van der Waals surface area contributed by atoms with Crippen molar-refractivity contribution in [2.45, 2.75) is 32.1 Å². The van der Waals surface area contributed by atoms with Gasteiger partial charge in [-0.05, 0) is 38.5 Å². The second-order valence-corrected chi connectivity index (χ2v) is 9.44. The number of hydrogen-bond donors (Lipinski definition) is 2. The van der Waals surface area contributed by atoms with E-state index in [0.29, 0.717) is 19.6 Å². The van der Waals surface area contributed by atoms with E-state index in [1.807, 2.05) is 11.8 Å². The molecule has 0 unspecified atom stereocenters. The minimum Gasteiger partial charge on any atom is -0.360 e. The number of amides is 1. The summed E-state index contributed by atoms with van der Waals surface area (Å²) >= 11 is 2.03. The number of nitrogens with one attached hydrogen (secondary N) is 2. The third-order valence-corrected chi connectivity index (χ3v) is 6.11. The van der Waals surface area contributed by atoms with E-state index in [-0.39, 0.29) is 10.7 Å². The molecule has 0 spiro atoms. The van der Waals surface area contributed by atoms with E-state index in [9.17, 15) is 4.79 Å². The number of aliphatic imine (C=N–C) groups is 1. The Bertz CT molecular complexity index is 673. The summed E-state index contributed by atoms with van der Waals surface area (Å²) in [6.07, 6.45) is 0. The van der Waals surface area contributed by atoms with Gasteiger partial charge in [0, 0.05) is 48.9 Å². The van der Waals surface area contributed by atoms with Crippen LogP contribution in [0, 0.1) is 0 Å². The van der Waals surface area contributed by atoms with E-state index in [2.05, 4.69) is 65.5 Å². The Labute approximate surface area is 166 Å². The zero-order valence-corrected chi connectivity index (χ0v) is 17.4. The van der Waals surface area contributed by atoms with Crippen molar-refractivity contribution >= 4 is 29.3 Å². The predicted molar refractivity (Wildman–Crippen MR) is 115 cm³/mol. The summed E-state index contributed by atoms with van der Waals surface area (Å²) in [5.41, 5.74) is 2.28. The van der Waals surface area contributed by atoms with Crippen molar-refractivity contribution < 1.29 is 4.79 Å². The summed E-state index contributed by atoms with van der Waals surface area (Å²) < 4.78 is 0.261. The maximum absolute atomic E-state index is 11.6. The monoisotopic (exact) mass is 389 g/mol. The maximum atomic E-state index is 11.6. The molecule has 1 aromatic carbocycles. The van der Waals surface area contributed by atoms with Gasteiger partial charge >= 0.3 is 0 Å². The Morgan fingerprint density at radius 3 is 2.74 bits per heavy atom. The van der Waals surface area contributed by atoms with E-state index in [1.165, 1.54) is 5.56 Å². The molecule has 0 aliphatic carbocycles. The minimum atomic E-state index is 0.0906. The van der Waals surface area contributed by atoms with Gasteiger partial charge in [0.05, 0.1) is 13.1 Å². The van der Waals surface area contributed by atoms with Crippen LogP contribution >= 0.6 is 11.8 Å². The van der Waals surface area contributed by atoms with Gasteiger partial charge in [-0.25, -0.2) is 4.99 Å². The fourth-order valence-corrected chi connectivity index (χ4v) is 4.57. The summed E-state index contributed by atoms with van der Waals surface area (Å²) in [4.78, 5) is 20.9. The van der Waals surface area contributed by atoms with Gasteiger partial charge < -0.3 is 20.4 Å². The van der Waals surface area contributed by atoms with Crippen LogP contribution < -0.4 is 15.5 Å². The highest BCUT2D eigenvalue weighted by Gasteiger charge is 2.28. The van der Waals surface area contributed by atoms with Crippen LogP contribution in [-0.2, 0) is 11.3 Å². The van der Waals surface area contributed by atoms with E-state index in [4.69, 9.17) is 4.99 Å². The molecular formula is C20H31N5OS. The van der Waals surface area contributed by atoms with E-state index >= 15 is 0 Å². The van der Waals surface area contributed by atoms with Crippen LogP contribution in [0.5, 0.6) is 0 Å². The molecular weight excluding hydrogens is 358 g/mol. The predicted octanol–water partition coefficient (Wildman–Crippen LogP) is 1.92. The number of thioether (sulfide) groups is 1. The third-order valence-electron chi connectivity index (χ3n) is 4.81. The molecule has 7 heteroatoms. The van der Waals surface area contributed by atoms with Gasteiger partial charge in [-0.3, -0.25) is 4.79 Å². The van der Waals surface area contributed by atoms with E-state index < -0.39 is 0 Å². The SMILES string of the molecule is CCNC(=NCc1ccc(N2CCNC(=O)C2)cc1)N1CCSC(C)(C)C1. The van der Waals surface area contributed by atoms with Crippen molar-refractivity contribution in [3.63, 3.8) is 0 Å². The van der Waals surface area contributed by atoms with Crippen molar-refractivity contribution in [3.8, 4) is 0 Å². The Hall–Kier alpha value is -1.89. The molecule has 0 atom stereocenters. The maximum Gasteiger partial charge on any atom is 0.239 e. The average Bonchev–Trinajstić information content (AvgIpc) is 2.65. The smallest absolute Gasteiger partial charge is 0.239 e. The van der Waals surface area contributed by atoms with Gasteiger partial charge in [0.15, 0.2) is 5.96 Å². The Morgan fingerprint density at radius 1 is 1.30 bits per heavy atom. The molecule has 2 heterocycles. The van der Waals surface area contributed by atoms with Crippen LogP contribution in [0.25, 0.3) is 0 Å². The summed E-state index contributed by atoms with van der Waals surface area (Å²) in [7, 11) is 0. The second kappa shape index (κ2) is 8.87. The summed E-state index contributed by atoms with van der Waals surface area (Å²) in [5.74, 6) is 2.23. The Morgan fingerprint density at radius 2 is 2.07 bits per heavy atom. The molecule has 0 radical (unpaired) electrons. The molecule has 2 aliphatic heterocycles. The number of carbonyl (C=O) groups excluding carboxylic acids is 1. The number of hydrogen-bond acceptors (Lipinski definition) is 4. The molecule has 2 fully saturated rings. The first-order valence-electron chi connectivity index (χ1n) is 9.75. The zero-order chi connectivity index (χ0) is 19.3. The highest BCUT2D eigenvalue weighted by Crippen LogP contribution is 2.29. The van der Waals surface area contributed by atoms with E-state index in [0.717, 1.165) is 43.6 Å². The highest BCUT2D eigenvalue weighted by molar-refractivity contribution is 8.00. The summed E-state index contributed by atoms with van der Waals surface area (Å²) in [5, 5.41) is 6.31. The van der Waals surface area contributed by atoms with Crippen molar-refractivity contribution in [2.24, 2.45) is 4.99 Å². The van der Waals surface area contributed by atoms with Crippen LogP contribution in [0.4, 0.5) is 5.69 Å².